The molecule has 0 aliphatic heterocycles. The maximum atomic E-state index is 13.7. The quantitative estimate of drug-likeness (QED) is 0.352. The van der Waals surface area contributed by atoms with Gasteiger partial charge < -0.3 is 14.7 Å². The highest BCUT2D eigenvalue weighted by Gasteiger charge is 2.32. The first-order valence-electron chi connectivity index (χ1n) is 12.1. The maximum absolute atomic E-state index is 13.7. The Hall–Kier alpha value is -3.40. The zero-order valence-corrected chi connectivity index (χ0v) is 20.8. The Labute approximate surface area is 208 Å². The molecule has 8 nitrogen and oxygen atoms in total. The van der Waals surface area contributed by atoms with Gasteiger partial charge in [-0.2, -0.15) is 13.9 Å². The molecule has 3 aromatic rings. The summed E-state index contributed by atoms with van der Waals surface area (Å²) in [7, 11) is 1.52. The van der Waals surface area contributed by atoms with Crippen molar-refractivity contribution in [2.45, 2.75) is 52.0 Å². The number of fused-ring (bicyclic) bond motifs is 1. The van der Waals surface area contributed by atoms with Crippen molar-refractivity contribution in [3.63, 3.8) is 0 Å². The van der Waals surface area contributed by atoms with Crippen molar-refractivity contribution in [1.29, 1.82) is 0 Å². The Morgan fingerprint density at radius 1 is 1.11 bits per heavy atom. The summed E-state index contributed by atoms with van der Waals surface area (Å²) in [6.45, 7) is 4.01. The number of unbranched alkanes of at least 4 members (excludes halogenated alkanes) is 2. The van der Waals surface area contributed by atoms with Gasteiger partial charge in [-0.3, -0.25) is 19.3 Å². The monoisotopic (exact) mass is 502 g/mol. The SMILES string of the molecule is CCCCN(CCCC)C(=O)Cn1nc(C(=O)c2ccc(C(F)(F)CO)nc2)c2ccc(OC)cc21. The first kappa shape index (κ1) is 27.2. The lowest BCUT2D eigenvalue weighted by molar-refractivity contribution is -0.132. The number of carbonyl (C=O) groups is 2. The van der Waals surface area contributed by atoms with Gasteiger partial charge in [0.1, 0.15) is 30.3 Å². The molecule has 0 radical (unpaired) electrons. The molecule has 36 heavy (non-hydrogen) atoms. The number of methoxy groups -OCH3 is 1. The fourth-order valence-corrected chi connectivity index (χ4v) is 3.82. The van der Waals surface area contributed by atoms with Crippen LogP contribution in [-0.4, -0.2) is 63.3 Å². The number of ketones is 1. The lowest BCUT2D eigenvalue weighted by atomic mass is 10.1. The normalized spacial score (nSPS) is 11.6. The van der Waals surface area contributed by atoms with E-state index in [9.17, 15) is 18.4 Å². The molecule has 0 aliphatic rings. The molecule has 0 bridgehead atoms. The van der Waals surface area contributed by atoms with Gasteiger partial charge in [0.15, 0.2) is 0 Å². The van der Waals surface area contributed by atoms with E-state index >= 15 is 0 Å². The number of hydrogen-bond donors (Lipinski definition) is 1. The molecular weight excluding hydrogens is 470 g/mol. The topological polar surface area (TPSA) is 97.6 Å². The Balaban J connectivity index is 1.97. The van der Waals surface area contributed by atoms with E-state index < -0.39 is 24.0 Å². The summed E-state index contributed by atoms with van der Waals surface area (Å²) < 4.78 is 34.2. The van der Waals surface area contributed by atoms with Gasteiger partial charge in [0.25, 0.3) is 0 Å². The molecule has 0 saturated carbocycles. The van der Waals surface area contributed by atoms with Crippen molar-refractivity contribution in [2.75, 3.05) is 26.8 Å². The van der Waals surface area contributed by atoms with Gasteiger partial charge in [-0.15, -0.1) is 0 Å². The molecule has 2 aromatic heterocycles. The van der Waals surface area contributed by atoms with Crippen LogP contribution in [0.5, 0.6) is 5.75 Å². The largest absolute Gasteiger partial charge is 0.497 e. The number of aromatic nitrogens is 3. The molecule has 0 aliphatic carbocycles. The number of carbonyl (C=O) groups excluding carboxylic acids is 2. The van der Waals surface area contributed by atoms with Gasteiger partial charge in [0.05, 0.1) is 12.6 Å². The number of rotatable bonds is 13. The van der Waals surface area contributed by atoms with E-state index in [4.69, 9.17) is 9.84 Å². The maximum Gasteiger partial charge on any atom is 0.312 e. The van der Waals surface area contributed by atoms with Gasteiger partial charge in [-0.1, -0.05) is 26.7 Å². The van der Waals surface area contributed by atoms with Crippen LogP contribution >= 0.6 is 0 Å². The van der Waals surface area contributed by atoms with Crippen LogP contribution in [0.1, 0.15) is 61.3 Å². The smallest absolute Gasteiger partial charge is 0.312 e. The summed E-state index contributed by atoms with van der Waals surface area (Å²) in [4.78, 5) is 32.0. The number of halogens is 2. The fraction of sp³-hybridized carbons (Fsp3) is 0.462. The van der Waals surface area contributed by atoms with E-state index in [0.717, 1.165) is 37.9 Å². The molecule has 0 fully saturated rings. The number of amides is 1. The third-order valence-corrected chi connectivity index (χ3v) is 5.97. The number of benzene rings is 1. The van der Waals surface area contributed by atoms with Crippen LogP contribution in [-0.2, 0) is 17.3 Å². The lowest BCUT2D eigenvalue weighted by Gasteiger charge is -2.22. The summed E-state index contributed by atoms with van der Waals surface area (Å²) >= 11 is 0. The number of pyridine rings is 1. The standard InChI is InChI=1S/C26H32F2N4O4/c1-4-6-12-31(13-7-5-2)23(34)16-32-21-14-19(36-3)9-10-20(21)24(30-32)25(35)18-8-11-22(29-15-18)26(27,28)17-33/h8-11,14-15,33H,4-7,12-13,16-17H2,1-3H3. The Kier molecular flexibility index (Phi) is 9.08. The summed E-state index contributed by atoms with van der Waals surface area (Å²) in [5.74, 6) is -3.58. The number of aliphatic hydroxyl groups is 1. The lowest BCUT2D eigenvalue weighted by Crippen LogP contribution is -2.35. The molecule has 194 valence electrons. The second-order valence-electron chi connectivity index (χ2n) is 8.60. The number of aliphatic hydroxyl groups excluding tert-OH is 1. The number of hydrogen-bond acceptors (Lipinski definition) is 6. The Morgan fingerprint density at radius 2 is 1.81 bits per heavy atom. The molecular formula is C26H32F2N4O4. The Bertz CT molecular complexity index is 1190. The summed E-state index contributed by atoms with van der Waals surface area (Å²) in [5.41, 5.74) is 0.0613. The first-order valence-corrected chi connectivity index (χ1v) is 12.1. The summed E-state index contributed by atoms with van der Waals surface area (Å²) in [6, 6.07) is 7.31. The van der Waals surface area contributed by atoms with Gasteiger partial charge in [0.2, 0.25) is 11.7 Å². The van der Waals surface area contributed by atoms with Crippen molar-refractivity contribution in [2.24, 2.45) is 0 Å². The average molecular weight is 503 g/mol. The molecule has 0 atom stereocenters. The van der Waals surface area contributed by atoms with E-state index in [0.29, 0.717) is 29.7 Å². The van der Waals surface area contributed by atoms with Crippen LogP contribution in [0.25, 0.3) is 10.9 Å². The Morgan fingerprint density at radius 3 is 2.36 bits per heavy atom. The predicted molar refractivity (Wildman–Crippen MR) is 131 cm³/mol. The molecule has 1 N–H and O–H groups in total. The van der Waals surface area contributed by atoms with Gasteiger partial charge in [-0.05, 0) is 37.1 Å². The molecule has 0 spiro atoms. The van der Waals surface area contributed by atoms with Crippen LogP contribution < -0.4 is 4.74 Å². The number of nitrogens with zero attached hydrogens (tertiary/aromatic N) is 4. The van der Waals surface area contributed by atoms with Crippen molar-refractivity contribution < 1.29 is 28.2 Å². The molecule has 10 heteroatoms. The second-order valence-corrected chi connectivity index (χ2v) is 8.60. The first-order chi connectivity index (χ1) is 17.2. The minimum Gasteiger partial charge on any atom is -0.497 e. The fourth-order valence-electron chi connectivity index (χ4n) is 3.82. The van der Waals surface area contributed by atoms with E-state index in [1.54, 1.807) is 18.2 Å². The minimum absolute atomic E-state index is 0.0513. The zero-order chi connectivity index (χ0) is 26.3. The van der Waals surface area contributed by atoms with Crippen molar-refractivity contribution >= 4 is 22.6 Å². The average Bonchev–Trinajstić information content (AvgIpc) is 3.25. The molecule has 0 saturated heterocycles. The summed E-state index contributed by atoms with van der Waals surface area (Å²) in [5, 5.41) is 13.8. The van der Waals surface area contributed by atoms with Crippen LogP contribution in [0.3, 0.4) is 0 Å². The van der Waals surface area contributed by atoms with Crippen LogP contribution in [0.4, 0.5) is 8.78 Å². The van der Waals surface area contributed by atoms with Gasteiger partial charge in [-0.25, -0.2) is 0 Å². The van der Waals surface area contributed by atoms with E-state index in [-0.39, 0.29) is 23.7 Å². The van der Waals surface area contributed by atoms with Crippen LogP contribution in [0.15, 0.2) is 36.5 Å². The van der Waals surface area contributed by atoms with Crippen molar-refractivity contribution in [3.8, 4) is 5.75 Å². The molecule has 0 unspecified atom stereocenters. The highest BCUT2D eigenvalue weighted by molar-refractivity contribution is 6.15. The summed E-state index contributed by atoms with van der Waals surface area (Å²) in [6.07, 6.45) is 4.76. The van der Waals surface area contributed by atoms with E-state index in [1.807, 2.05) is 4.90 Å². The molecule has 3 rings (SSSR count). The van der Waals surface area contributed by atoms with E-state index in [2.05, 4.69) is 23.9 Å². The highest BCUT2D eigenvalue weighted by atomic mass is 19.3. The zero-order valence-electron chi connectivity index (χ0n) is 20.8. The van der Waals surface area contributed by atoms with Gasteiger partial charge in [0, 0.05) is 36.3 Å². The predicted octanol–water partition coefficient (Wildman–Crippen LogP) is 4.18. The third-order valence-electron chi connectivity index (χ3n) is 5.97. The molecule has 1 amide bonds. The second kappa shape index (κ2) is 12.0. The highest BCUT2D eigenvalue weighted by Crippen LogP contribution is 2.28. The van der Waals surface area contributed by atoms with Crippen LogP contribution in [0, 0.1) is 0 Å². The molecule has 1 aromatic carbocycles. The van der Waals surface area contributed by atoms with Crippen molar-refractivity contribution in [1.82, 2.24) is 19.7 Å². The van der Waals surface area contributed by atoms with Crippen molar-refractivity contribution in [3.05, 3.63) is 53.5 Å². The molecule has 2 heterocycles. The van der Waals surface area contributed by atoms with E-state index in [1.165, 1.54) is 17.9 Å². The minimum atomic E-state index is -3.51. The number of alkyl halides is 2. The van der Waals surface area contributed by atoms with Crippen LogP contribution in [0.2, 0.25) is 0 Å². The van der Waals surface area contributed by atoms with Gasteiger partial charge >= 0.3 is 5.92 Å². The number of ether oxygens (including phenoxy) is 1. The third kappa shape index (κ3) is 6.04.